The van der Waals surface area contributed by atoms with Gasteiger partial charge in [0, 0.05) is 72.2 Å². The van der Waals surface area contributed by atoms with Crippen LogP contribution in [0.3, 0.4) is 0 Å². The maximum atomic E-state index is 13.5. The third-order valence-corrected chi connectivity index (χ3v) is 16.0. The van der Waals surface area contributed by atoms with E-state index in [-0.39, 0.29) is 16.4 Å². The highest BCUT2D eigenvalue weighted by molar-refractivity contribution is 6.32. The molecule has 2 aromatic heterocycles. The molecule has 0 spiro atoms. The molecule has 0 saturated heterocycles. The van der Waals surface area contributed by atoms with Crippen molar-refractivity contribution in [1.29, 1.82) is 0 Å². The summed E-state index contributed by atoms with van der Waals surface area (Å²) in [5.41, 5.74) is 11.7. The zero-order valence-corrected chi connectivity index (χ0v) is 48.4. The minimum absolute atomic E-state index is 0.0977. The summed E-state index contributed by atoms with van der Waals surface area (Å²) in [5.74, 6) is 3.34. The van der Waals surface area contributed by atoms with E-state index in [1.807, 2.05) is 78.9 Å². The smallest absolute Gasteiger partial charge is 0.339 e. The lowest BCUT2D eigenvalue weighted by atomic mass is 9.70. The molecule has 13 heteroatoms. The maximum Gasteiger partial charge on any atom is 0.339 e. The van der Waals surface area contributed by atoms with Crippen LogP contribution < -0.4 is 49.2 Å². The molecule has 4 N–H and O–H groups in total. The third kappa shape index (κ3) is 9.05. The van der Waals surface area contributed by atoms with Crippen LogP contribution in [0.25, 0.3) is 22.3 Å². The highest BCUT2D eigenvalue weighted by Crippen LogP contribution is 2.55. The van der Waals surface area contributed by atoms with Crippen LogP contribution in [0.15, 0.2) is 144 Å². The van der Waals surface area contributed by atoms with Crippen LogP contribution in [0.2, 0.25) is 0 Å². The van der Waals surface area contributed by atoms with Crippen molar-refractivity contribution in [2.75, 3.05) is 42.7 Å². The van der Waals surface area contributed by atoms with Crippen molar-refractivity contribution >= 4 is 34.0 Å². The largest absolute Gasteiger partial charge is 0.496 e. The van der Waals surface area contributed by atoms with Gasteiger partial charge in [-0.15, -0.1) is 0 Å². The van der Waals surface area contributed by atoms with Gasteiger partial charge in [0.25, 0.3) is 0 Å². The van der Waals surface area contributed by atoms with Crippen LogP contribution in [-0.2, 0) is 16.2 Å². The number of hydrogen-bond donors (Lipinski definition) is 4. The summed E-state index contributed by atoms with van der Waals surface area (Å²) in [6.45, 7) is 17.2. The molecule has 414 valence electrons. The predicted octanol–water partition coefficient (Wildman–Crippen LogP) is 12.3. The molecule has 4 aliphatic heterocycles. The van der Waals surface area contributed by atoms with Gasteiger partial charge in [0.2, 0.25) is 0 Å². The molecule has 11 rings (SSSR count). The van der Waals surface area contributed by atoms with E-state index in [9.17, 15) is 9.90 Å². The Kier molecular flexibility index (Phi) is 13.4. The highest BCUT2D eigenvalue weighted by Gasteiger charge is 2.42. The van der Waals surface area contributed by atoms with Crippen LogP contribution >= 0.6 is 0 Å². The molecule has 7 aromatic rings. The van der Waals surface area contributed by atoms with Crippen molar-refractivity contribution in [3.05, 3.63) is 211 Å². The summed E-state index contributed by atoms with van der Waals surface area (Å²) in [6, 6.07) is 33.3. The van der Waals surface area contributed by atoms with E-state index >= 15 is 0 Å². The fraction of sp³-hybridized carbons (Fsp3) is 0.265. The summed E-state index contributed by atoms with van der Waals surface area (Å²) in [7, 11) is 9.92. The van der Waals surface area contributed by atoms with Crippen molar-refractivity contribution in [2.45, 2.75) is 77.7 Å². The van der Waals surface area contributed by atoms with Crippen LogP contribution in [0.4, 0.5) is 0 Å². The number of H-pyrrole nitrogens is 2. The average Bonchev–Trinajstić information content (AvgIpc) is 3.26. The molecular formula is C68H68N4O9. The van der Waals surface area contributed by atoms with E-state index < -0.39 is 17.4 Å². The van der Waals surface area contributed by atoms with Gasteiger partial charge < -0.3 is 53.5 Å². The standard InChI is InChI=1S/C68H68N4O9/c1-66(2,3)36-32-38(63-40(34-36)68(7,8)41-35-37(67(4,5)6)33-39(65(73)74)64(41)81-63)56-42-24-26-44(69-42)57(60-50(75-9)18-15-19-51(60)76-10)46-28-30-48(71-46)59(62-54(79-13)22-17-23-55(62)80-14)49-31-29-47(72-49)58(45-27-25-43(56)70-45)61-52(77-11)20-16-21-53(61)78-12/h15-35,44,69,71-72H,1-14H3,(H,73,74)/b56-42-,57-46+,58-45+,59-48+. The SMILES string of the molecule is COc1cccc(OC)c1/C1=C2\C=CC(=N2)/C(c2cc(C(C)(C)C)cc3c2Oc2c(C(=O)O)cc(C(C)(C)C)cc2C3(C)C)=C2/C=CC(N2)/C(c2c(OC)cccc2OC)=c2/cc/c([nH]2)=C(\c2c(OC)cccc2OC)c2ccc1[nH]2. The number of aliphatic imine (C=N–C) groups is 1. The molecule has 13 nitrogen and oxygen atoms in total. The summed E-state index contributed by atoms with van der Waals surface area (Å²) in [5, 5.41) is 16.5. The van der Waals surface area contributed by atoms with E-state index in [1.165, 1.54) is 0 Å². The number of carboxylic acids is 1. The normalized spacial score (nSPS) is 19.2. The van der Waals surface area contributed by atoms with Gasteiger partial charge in [-0.1, -0.05) is 91.8 Å². The van der Waals surface area contributed by atoms with Crippen LogP contribution in [0.1, 0.15) is 122 Å². The van der Waals surface area contributed by atoms with Crippen molar-refractivity contribution in [3.8, 4) is 46.0 Å². The molecule has 81 heavy (non-hydrogen) atoms. The zero-order chi connectivity index (χ0) is 57.4. The first-order valence-corrected chi connectivity index (χ1v) is 27.0. The first kappa shape index (κ1) is 53.9. The Morgan fingerprint density at radius 1 is 0.568 bits per heavy atom. The van der Waals surface area contributed by atoms with Crippen LogP contribution in [0, 0.1) is 0 Å². The number of rotatable bonds is 11. The van der Waals surface area contributed by atoms with Gasteiger partial charge in [-0.3, -0.25) is 0 Å². The number of aromatic carboxylic acids is 1. The molecule has 4 aliphatic rings. The number of aromatic nitrogens is 2. The van der Waals surface area contributed by atoms with Gasteiger partial charge in [-0.2, -0.15) is 0 Å². The molecule has 8 bridgehead atoms. The number of carbonyl (C=O) groups is 1. The van der Waals surface area contributed by atoms with Gasteiger partial charge in [-0.05, 0) is 113 Å². The topological polar surface area (TPSA) is 158 Å². The first-order valence-electron chi connectivity index (χ1n) is 27.0. The minimum Gasteiger partial charge on any atom is -0.496 e. The lowest BCUT2D eigenvalue weighted by Gasteiger charge is -2.39. The van der Waals surface area contributed by atoms with Crippen molar-refractivity contribution in [2.24, 2.45) is 4.99 Å². The number of fused-ring (bicyclic) bond motifs is 9. The fourth-order valence-corrected chi connectivity index (χ4v) is 11.7. The molecule has 5 aromatic carbocycles. The predicted molar refractivity (Wildman–Crippen MR) is 319 cm³/mol. The summed E-state index contributed by atoms with van der Waals surface area (Å²) < 4.78 is 44.2. The van der Waals surface area contributed by atoms with E-state index in [1.54, 1.807) is 48.7 Å². The lowest BCUT2D eigenvalue weighted by Crippen LogP contribution is -2.31. The molecule has 6 heterocycles. The monoisotopic (exact) mass is 1080 g/mol. The Morgan fingerprint density at radius 2 is 1.06 bits per heavy atom. The molecular weight excluding hydrogens is 1020 g/mol. The number of aromatic amines is 2. The zero-order valence-electron chi connectivity index (χ0n) is 48.4. The van der Waals surface area contributed by atoms with E-state index in [0.717, 1.165) is 77.8 Å². The second-order valence-electron chi connectivity index (χ2n) is 23.2. The number of nitrogens with one attached hydrogen (secondary N) is 3. The third-order valence-electron chi connectivity index (χ3n) is 16.0. The molecule has 0 saturated carbocycles. The minimum atomic E-state index is -1.07. The van der Waals surface area contributed by atoms with Gasteiger partial charge in [0.15, 0.2) is 0 Å². The van der Waals surface area contributed by atoms with Gasteiger partial charge in [0.05, 0.1) is 76.8 Å². The Bertz CT molecular complexity index is 3990. The van der Waals surface area contributed by atoms with E-state index in [2.05, 4.69) is 113 Å². The number of benzene rings is 5. The summed E-state index contributed by atoms with van der Waals surface area (Å²) in [6.07, 6.45) is 8.28. The van der Waals surface area contributed by atoms with Crippen LogP contribution in [-0.4, -0.2) is 75.5 Å². The highest BCUT2D eigenvalue weighted by atomic mass is 16.5. The molecule has 1 unspecified atom stereocenters. The number of hydrogen-bond acceptors (Lipinski definition) is 10. The number of methoxy groups -OCH3 is 6. The number of allylic oxidation sites excluding steroid dienone is 4. The summed E-state index contributed by atoms with van der Waals surface area (Å²) >= 11 is 0. The molecule has 0 amide bonds. The molecule has 0 aliphatic carbocycles. The van der Waals surface area contributed by atoms with Crippen LogP contribution in [0.5, 0.6) is 46.0 Å². The number of carboxylic acid groups (broad SMARTS) is 1. The second-order valence-corrected chi connectivity index (χ2v) is 23.2. The fourth-order valence-electron chi connectivity index (χ4n) is 11.7. The van der Waals surface area contributed by atoms with Crippen molar-refractivity contribution in [3.63, 3.8) is 0 Å². The summed E-state index contributed by atoms with van der Waals surface area (Å²) in [4.78, 5) is 26.9. The van der Waals surface area contributed by atoms with Crippen molar-refractivity contribution < 1.29 is 43.1 Å². The molecule has 1 atom stereocenters. The number of ether oxygens (including phenoxy) is 7. The first-order chi connectivity index (χ1) is 38.7. The Morgan fingerprint density at radius 3 is 1.59 bits per heavy atom. The van der Waals surface area contributed by atoms with Gasteiger partial charge in [-0.25, -0.2) is 9.79 Å². The number of nitrogens with zero attached hydrogens (tertiary/aromatic N) is 1. The van der Waals surface area contributed by atoms with E-state index in [4.69, 9.17) is 38.2 Å². The Hall–Kier alpha value is -9.10. The van der Waals surface area contributed by atoms with Gasteiger partial charge in [0.1, 0.15) is 51.6 Å². The Balaban J connectivity index is 1.30. The second kappa shape index (κ2) is 20.2. The van der Waals surface area contributed by atoms with Gasteiger partial charge >= 0.3 is 5.97 Å². The maximum absolute atomic E-state index is 13.5. The van der Waals surface area contributed by atoms with Crippen molar-refractivity contribution in [1.82, 2.24) is 15.3 Å². The average molecular weight is 1090 g/mol. The quantitative estimate of drug-likeness (QED) is 0.0983. The molecule has 0 radical (unpaired) electrons. The lowest BCUT2D eigenvalue weighted by molar-refractivity contribution is 0.0693. The molecule has 0 fully saturated rings. The Labute approximate surface area is 472 Å². The van der Waals surface area contributed by atoms with E-state index in [0.29, 0.717) is 74.2 Å².